The third-order valence-electron chi connectivity index (χ3n) is 5.42. The number of rotatable bonds is 5. The van der Waals surface area contributed by atoms with Crippen LogP contribution in [0.2, 0.25) is 0 Å². The fourth-order valence-electron chi connectivity index (χ4n) is 3.77. The monoisotopic (exact) mass is 384 g/mol. The van der Waals surface area contributed by atoms with Crippen molar-refractivity contribution in [1.82, 2.24) is 5.32 Å². The van der Waals surface area contributed by atoms with E-state index in [0.29, 0.717) is 18.5 Å². The molecular weight excluding hydrogens is 360 g/mol. The molecule has 1 aliphatic heterocycles. The Morgan fingerprint density at radius 2 is 1.55 bits per heavy atom. The quantitative estimate of drug-likeness (QED) is 0.719. The van der Waals surface area contributed by atoms with Gasteiger partial charge in [0.15, 0.2) is 0 Å². The van der Waals surface area contributed by atoms with Gasteiger partial charge in [0.05, 0.1) is 0 Å². The topological polar surface area (TPSA) is 49.4 Å². The minimum atomic E-state index is -0.546. The molecule has 4 nitrogen and oxygen atoms in total. The van der Waals surface area contributed by atoms with E-state index in [0.717, 1.165) is 23.2 Å². The smallest absolute Gasteiger partial charge is 0.259 e. The first-order chi connectivity index (χ1) is 14.2. The van der Waals surface area contributed by atoms with E-state index in [2.05, 4.69) is 24.4 Å². The van der Waals surface area contributed by atoms with Crippen molar-refractivity contribution >= 4 is 17.5 Å². The molecule has 1 heterocycles. The van der Waals surface area contributed by atoms with Crippen LogP contribution < -0.4 is 10.2 Å². The predicted octanol–water partition coefficient (Wildman–Crippen LogP) is 4.14. The highest BCUT2D eigenvalue weighted by atomic mass is 16.2. The largest absolute Gasteiger partial charge is 0.350 e. The van der Waals surface area contributed by atoms with Crippen LogP contribution in [-0.2, 0) is 24.2 Å². The highest BCUT2D eigenvalue weighted by Gasteiger charge is 2.38. The molecule has 146 valence electrons. The van der Waals surface area contributed by atoms with Crippen molar-refractivity contribution in [2.24, 2.45) is 0 Å². The number of anilines is 1. The van der Waals surface area contributed by atoms with Crippen molar-refractivity contribution in [1.29, 1.82) is 0 Å². The number of hydrogen-bond acceptors (Lipinski definition) is 2. The number of carbonyl (C=O) groups excluding carboxylic acids is 2. The molecule has 1 aliphatic rings. The maximum Gasteiger partial charge on any atom is 0.259 e. The molecule has 0 aliphatic carbocycles. The van der Waals surface area contributed by atoms with Gasteiger partial charge in [0.1, 0.15) is 6.04 Å². The van der Waals surface area contributed by atoms with Crippen LogP contribution in [-0.4, -0.2) is 17.9 Å². The van der Waals surface area contributed by atoms with Gasteiger partial charge < -0.3 is 5.32 Å². The average molecular weight is 384 g/mol. The van der Waals surface area contributed by atoms with Crippen molar-refractivity contribution in [3.8, 4) is 0 Å². The summed E-state index contributed by atoms with van der Waals surface area (Å²) in [5.41, 5.74) is 4.73. The van der Waals surface area contributed by atoms with Gasteiger partial charge in [-0.2, -0.15) is 0 Å². The molecule has 4 heteroatoms. The summed E-state index contributed by atoms with van der Waals surface area (Å²) in [6, 6.07) is 24.6. The van der Waals surface area contributed by atoms with E-state index in [4.69, 9.17) is 0 Å². The molecule has 1 N–H and O–H groups in total. The van der Waals surface area contributed by atoms with Gasteiger partial charge in [-0.25, -0.2) is 0 Å². The van der Waals surface area contributed by atoms with Crippen LogP contribution in [0.5, 0.6) is 0 Å². The van der Waals surface area contributed by atoms with Crippen molar-refractivity contribution < 1.29 is 9.59 Å². The van der Waals surface area contributed by atoms with Gasteiger partial charge in [0, 0.05) is 24.2 Å². The van der Waals surface area contributed by atoms with Crippen LogP contribution >= 0.6 is 0 Å². The lowest BCUT2D eigenvalue weighted by molar-refractivity contribution is -0.122. The van der Waals surface area contributed by atoms with E-state index in [9.17, 15) is 9.59 Å². The first-order valence-corrected chi connectivity index (χ1v) is 9.99. The molecule has 0 bridgehead atoms. The van der Waals surface area contributed by atoms with Crippen LogP contribution in [0, 0.1) is 0 Å². The van der Waals surface area contributed by atoms with Crippen LogP contribution in [0.3, 0.4) is 0 Å². The summed E-state index contributed by atoms with van der Waals surface area (Å²) < 4.78 is 0. The summed E-state index contributed by atoms with van der Waals surface area (Å²) in [4.78, 5) is 27.9. The van der Waals surface area contributed by atoms with Crippen molar-refractivity contribution in [3.05, 3.63) is 101 Å². The predicted molar refractivity (Wildman–Crippen MR) is 115 cm³/mol. The summed E-state index contributed by atoms with van der Waals surface area (Å²) in [6.45, 7) is 2.57. The van der Waals surface area contributed by atoms with Crippen molar-refractivity contribution in [2.75, 3.05) is 4.90 Å². The summed E-state index contributed by atoms with van der Waals surface area (Å²) in [5.74, 6) is -0.284. The molecule has 0 spiro atoms. The van der Waals surface area contributed by atoms with E-state index < -0.39 is 6.04 Å². The summed E-state index contributed by atoms with van der Waals surface area (Å²) in [7, 11) is 0. The third-order valence-corrected chi connectivity index (χ3v) is 5.42. The number of nitrogens with one attached hydrogen (secondary N) is 1. The van der Waals surface area contributed by atoms with Crippen LogP contribution in [0.25, 0.3) is 0 Å². The SMILES string of the molecule is CCc1ccc(CNC(=O)C2Cc3ccccc3N2C(=O)c2ccccc2)cc1. The van der Waals surface area contributed by atoms with Crippen LogP contribution in [0.15, 0.2) is 78.9 Å². The zero-order chi connectivity index (χ0) is 20.2. The number of nitrogens with zero attached hydrogens (tertiary/aromatic N) is 1. The van der Waals surface area contributed by atoms with Gasteiger partial charge in [-0.05, 0) is 41.3 Å². The molecule has 0 fully saturated rings. The van der Waals surface area contributed by atoms with Gasteiger partial charge >= 0.3 is 0 Å². The Morgan fingerprint density at radius 1 is 0.897 bits per heavy atom. The van der Waals surface area contributed by atoms with E-state index in [-0.39, 0.29) is 11.8 Å². The van der Waals surface area contributed by atoms with E-state index >= 15 is 0 Å². The number of fused-ring (bicyclic) bond motifs is 1. The Balaban J connectivity index is 1.54. The molecule has 0 radical (unpaired) electrons. The van der Waals surface area contributed by atoms with Crippen LogP contribution in [0.4, 0.5) is 5.69 Å². The fraction of sp³-hybridized carbons (Fsp3) is 0.200. The fourth-order valence-corrected chi connectivity index (χ4v) is 3.77. The molecule has 0 saturated carbocycles. The summed E-state index contributed by atoms with van der Waals surface area (Å²) in [5, 5.41) is 3.02. The minimum Gasteiger partial charge on any atom is -0.350 e. The first-order valence-electron chi connectivity index (χ1n) is 9.99. The third kappa shape index (κ3) is 3.92. The van der Waals surface area contributed by atoms with Crippen LogP contribution in [0.1, 0.15) is 34.0 Å². The lowest BCUT2D eigenvalue weighted by Gasteiger charge is -2.25. The van der Waals surface area contributed by atoms with Gasteiger partial charge in [-0.15, -0.1) is 0 Å². The number of carbonyl (C=O) groups is 2. The normalized spacial score (nSPS) is 15.1. The molecule has 4 rings (SSSR count). The lowest BCUT2D eigenvalue weighted by atomic mass is 10.1. The minimum absolute atomic E-state index is 0.134. The highest BCUT2D eigenvalue weighted by molar-refractivity contribution is 6.11. The van der Waals surface area contributed by atoms with E-state index in [1.807, 2.05) is 54.6 Å². The molecule has 3 aromatic carbocycles. The molecule has 29 heavy (non-hydrogen) atoms. The number of para-hydroxylation sites is 1. The van der Waals surface area contributed by atoms with E-state index in [1.165, 1.54) is 5.56 Å². The zero-order valence-electron chi connectivity index (χ0n) is 16.5. The first kappa shape index (κ1) is 18.9. The molecule has 2 amide bonds. The number of aryl methyl sites for hydroxylation is 1. The highest BCUT2D eigenvalue weighted by Crippen LogP contribution is 2.33. The number of amides is 2. The Bertz CT molecular complexity index is 1010. The van der Waals surface area contributed by atoms with Gasteiger partial charge in [0.2, 0.25) is 5.91 Å². The maximum atomic E-state index is 13.2. The molecular formula is C25H24N2O2. The average Bonchev–Trinajstić information content (AvgIpc) is 3.17. The molecule has 0 saturated heterocycles. The van der Waals surface area contributed by atoms with Crippen molar-refractivity contribution in [3.63, 3.8) is 0 Å². The zero-order valence-corrected chi connectivity index (χ0v) is 16.5. The Kier molecular flexibility index (Phi) is 5.43. The Morgan fingerprint density at radius 3 is 2.28 bits per heavy atom. The molecule has 0 aromatic heterocycles. The number of benzene rings is 3. The maximum absolute atomic E-state index is 13.2. The standard InChI is InChI=1S/C25H24N2O2/c1-2-18-12-14-19(15-13-18)17-26-24(28)23-16-21-10-6-7-11-22(21)27(23)25(29)20-8-4-3-5-9-20/h3-15,23H,2,16-17H2,1H3,(H,26,28). The molecule has 3 aromatic rings. The molecule has 1 unspecified atom stereocenters. The van der Waals surface area contributed by atoms with E-state index in [1.54, 1.807) is 17.0 Å². The Hall–Kier alpha value is -3.40. The van der Waals surface area contributed by atoms with Crippen molar-refractivity contribution in [2.45, 2.75) is 32.4 Å². The summed E-state index contributed by atoms with van der Waals surface area (Å²) >= 11 is 0. The van der Waals surface area contributed by atoms with Gasteiger partial charge in [-0.3, -0.25) is 14.5 Å². The Labute approximate surface area is 171 Å². The summed E-state index contributed by atoms with van der Waals surface area (Å²) in [6.07, 6.45) is 1.51. The number of hydrogen-bond donors (Lipinski definition) is 1. The second-order valence-corrected chi connectivity index (χ2v) is 7.28. The van der Waals surface area contributed by atoms with Gasteiger partial charge in [-0.1, -0.05) is 67.6 Å². The van der Waals surface area contributed by atoms with Gasteiger partial charge in [0.25, 0.3) is 5.91 Å². The molecule has 1 atom stereocenters. The lowest BCUT2D eigenvalue weighted by Crippen LogP contribution is -2.48. The second-order valence-electron chi connectivity index (χ2n) is 7.28. The second kappa shape index (κ2) is 8.31.